The predicted molar refractivity (Wildman–Crippen MR) is 73.8 cm³/mol. The molecule has 2 aromatic heterocycles. The van der Waals surface area contributed by atoms with Gasteiger partial charge in [0.15, 0.2) is 0 Å². The Morgan fingerprint density at radius 2 is 2.00 bits per heavy atom. The van der Waals surface area contributed by atoms with Crippen molar-refractivity contribution < 1.29 is 9.63 Å². The van der Waals surface area contributed by atoms with Crippen LogP contribution in [0.15, 0.2) is 40.9 Å². The van der Waals surface area contributed by atoms with Gasteiger partial charge in [0.25, 0.3) is 5.89 Å². The Labute approximate surface area is 114 Å². The van der Waals surface area contributed by atoms with Gasteiger partial charge in [-0.2, -0.15) is 4.98 Å². The standard InChI is InChI=1S/C14H12N4O2/c1-8-3-2-4-11(16-8)13-17-14(20-18-13)9-5-6-12(19)10(15)7-9/h2-7,19H,15H2,1H3. The second-order valence-corrected chi connectivity index (χ2v) is 4.36. The van der Waals surface area contributed by atoms with Crippen molar-refractivity contribution in [3.05, 3.63) is 42.1 Å². The first kappa shape index (κ1) is 12.2. The van der Waals surface area contributed by atoms with Crippen LogP contribution in [-0.2, 0) is 0 Å². The first-order valence-electron chi connectivity index (χ1n) is 6.00. The van der Waals surface area contributed by atoms with Crippen LogP contribution in [0, 0.1) is 6.92 Å². The first-order valence-corrected chi connectivity index (χ1v) is 6.00. The lowest BCUT2D eigenvalue weighted by Crippen LogP contribution is -1.89. The van der Waals surface area contributed by atoms with Gasteiger partial charge in [-0.1, -0.05) is 11.2 Å². The van der Waals surface area contributed by atoms with E-state index in [0.717, 1.165) is 5.69 Å². The summed E-state index contributed by atoms with van der Waals surface area (Å²) in [5.74, 6) is 0.763. The highest BCUT2D eigenvalue weighted by atomic mass is 16.5. The molecule has 0 aliphatic rings. The lowest BCUT2D eigenvalue weighted by Gasteiger charge is -1.99. The summed E-state index contributed by atoms with van der Waals surface area (Å²) in [6.45, 7) is 1.89. The SMILES string of the molecule is Cc1cccc(-c2noc(-c3ccc(O)c(N)c3)n2)n1. The number of hydrogen-bond donors (Lipinski definition) is 2. The van der Waals surface area contributed by atoms with Gasteiger partial charge in [0.2, 0.25) is 5.82 Å². The Hall–Kier alpha value is -2.89. The van der Waals surface area contributed by atoms with Crippen LogP contribution in [0.5, 0.6) is 5.75 Å². The van der Waals surface area contributed by atoms with E-state index in [4.69, 9.17) is 10.3 Å². The fourth-order valence-electron chi connectivity index (χ4n) is 1.80. The van der Waals surface area contributed by atoms with E-state index in [9.17, 15) is 5.11 Å². The van der Waals surface area contributed by atoms with E-state index in [1.807, 2.05) is 25.1 Å². The van der Waals surface area contributed by atoms with E-state index in [2.05, 4.69) is 15.1 Å². The third-order valence-electron chi connectivity index (χ3n) is 2.82. The monoisotopic (exact) mass is 268 g/mol. The molecule has 0 atom stereocenters. The molecule has 3 aromatic rings. The fourth-order valence-corrected chi connectivity index (χ4v) is 1.80. The summed E-state index contributed by atoms with van der Waals surface area (Å²) >= 11 is 0. The van der Waals surface area contributed by atoms with Crippen molar-refractivity contribution in [3.8, 4) is 28.7 Å². The van der Waals surface area contributed by atoms with E-state index in [1.165, 1.54) is 6.07 Å². The van der Waals surface area contributed by atoms with Crippen molar-refractivity contribution >= 4 is 5.69 Å². The molecule has 2 heterocycles. The van der Waals surface area contributed by atoms with Crippen LogP contribution in [0.1, 0.15) is 5.69 Å². The number of anilines is 1. The zero-order valence-corrected chi connectivity index (χ0v) is 10.7. The van der Waals surface area contributed by atoms with E-state index in [0.29, 0.717) is 23.0 Å². The van der Waals surface area contributed by atoms with Crippen molar-refractivity contribution in [1.82, 2.24) is 15.1 Å². The number of phenols is 1. The number of pyridine rings is 1. The van der Waals surface area contributed by atoms with Crippen molar-refractivity contribution in [3.63, 3.8) is 0 Å². The Morgan fingerprint density at radius 3 is 2.75 bits per heavy atom. The Kier molecular flexibility index (Phi) is 2.83. The lowest BCUT2D eigenvalue weighted by molar-refractivity contribution is 0.432. The maximum absolute atomic E-state index is 9.40. The van der Waals surface area contributed by atoms with E-state index in [1.54, 1.807) is 12.1 Å². The van der Waals surface area contributed by atoms with Crippen LogP contribution >= 0.6 is 0 Å². The molecule has 1 aromatic carbocycles. The number of rotatable bonds is 2. The van der Waals surface area contributed by atoms with Crippen molar-refractivity contribution in [2.45, 2.75) is 6.92 Å². The number of nitrogens with two attached hydrogens (primary N) is 1. The number of hydrogen-bond acceptors (Lipinski definition) is 6. The summed E-state index contributed by atoms with van der Waals surface area (Å²) in [6.07, 6.45) is 0. The molecule has 6 nitrogen and oxygen atoms in total. The molecule has 0 saturated carbocycles. The van der Waals surface area contributed by atoms with Crippen molar-refractivity contribution in [1.29, 1.82) is 0 Å². The fraction of sp³-hybridized carbons (Fsp3) is 0.0714. The lowest BCUT2D eigenvalue weighted by atomic mass is 10.2. The first-order chi connectivity index (χ1) is 9.63. The number of aromatic nitrogens is 3. The number of nitrogen functional groups attached to an aromatic ring is 1. The molecular formula is C14H12N4O2. The highest BCUT2D eigenvalue weighted by molar-refractivity contribution is 5.66. The van der Waals surface area contributed by atoms with E-state index < -0.39 is 0 Å². The van der Waals surface area contributed by atoms with Gasteiger partial charge < -0.3 is 15.4 Å². The highest BCUT2D eigenvalue weighted by Crippen LogP contribution is 2.27. The molecule has 0 amide bonds. The van der Waals surface area contributed by atoms with Crippen LogP contribution < -0.4 is 5.73 Å². The molecule has 0 aliphatic heterocycles. The van der Waals surface area contributed by atoms with Gasteiger partial charge in [0.1, 0.15) is 11.4 Å². The Balaban J connectivity index is 1.99. The summed E-state index contributed by atoms with van der Waals surface area (Å²) in [7, 11) is 0. The van der Waals surface area contributed by atoms with E-state index >= 15 is 0 Å². The van der Waals surface area contributed by atoms with Gasteiger partial charge in [0, 0.05) is 11.3 Å². The minimum atomic E-state index is 0.0221. The molecule has 0 spiro atoms. The maximum atomic E-state index is 9.40. The van der Waals surface area contributed by atoms with Crippen LogP contribution in [-0.4, -0.2) is 20.2 Å². The normalized spacial score (nSPS) is 10.7. The maximum Gasteiger partial charge on any atom is 0.258 e. The molecule has 3 N–H and O–H groups in total. The predicted octanol–water partition coefficient (Wildman–Crippen LogP) is 2.39. The van der Waals surface area contributed by atoms with Gasteiger partial charge in [-0.3, -0.25) is 0 Å². The number of aromatic hydroxyl groups is 1. The summed E-state index contributed by atoms with van der Waals surface area (Å²) in [5.41, 5.74) is 8.07. The molecule has 20 heavy (non-hydrogen) atoms. The zero-order chi connectivity index (χ0) is 14.1. The van der Waals surface area contributed by atoms with Crippen molar-refractivity contribution in [2.24, 2.45) is 0 Å². The topological polar surface area (TPSA) is 98.1 Å². The third kappa shape index (κ3) is 2.18. The largest absolute Gasteiger partial charge is 0.506 e. The average Bonchev–Trinajstić information content (AvgIpc) is 2.92. The van der Waals surface area contributed by atoms with E-state index in [-0.39, 0.29) is 11.4 Å². The van der Waals surface area contributed by atoms with Crippen molar-refractivity contribution in [2.75, 3.05) is 5.73 Å². The molecule has 6 heteroatoms. The van der Waals surface area contributed by atoms with Crippen LogP contribution in [0.4, 0.5) is 5.69 Å². The second kappa shape index (κ2) is 4.65. The van der Waals surface area contributed by atoms with Gasteiger partial charge >= 0.3 is 0 Å². The number of benzene rings is 1. The molecule has 0 bridgehead atoms. The Bertz CT molecular complexity index is 767. The smallest absolute Gasteiger partial charge is 0.258 e. The minimum absolute atomic E-state index is 0.0221. The molecular weight excluding hydrogens is 256 g/mol. The second-order valence-electron chi connectivity index (χ2n) is 4.36. The molecule has 3 rings (SSSR count). The van der Waals surface area contributed by atoms with Gasteiger partial charge in [-0.15, -0.1) is 0 Å². The number of nitrogens with zero attached hydrogens (tertiary/aromatic N) is 3. The molecule has 0 unspecified atom stereocenters. The number of phenolic OH excluding ortho intramolecular Hbond substituents is 1. The number of aryl methyl sites for hydroxylation is 1. The van der Waals surface area contributed by atoms with Crippen LogP contribution in [0.3, 0.4) is 0 Å². The minimum Gasteiger partial charge on any atom is -0.506 e. The molecule has 0 fully saturated rings. The summed E-state index contributed by atoms with van der Waals surface area (Å²) in [5, 5.41) is 13.3. The zero-order valence-electron chi connectivity index (χ0n) is 10.7. The summed E-state index contributed by atoms with van der Waals surface area (Å²) in [6, 6.07) is 10.3. The van der Waals surface area contributed by atoms with Gasteiger partial charge in [-0.05, 0) is 37.3 Å². The quantitative estimate of drug-likeness (QED) is 0.547. The molecule has 0 aliphatic carbocycles. The van der Waals surface area contributed by atoms with Gasteiger partial charge in [-0.25, -0.2) is 4.98 Å². The molecule has 100 valence electrons. The van der Waals surface area contributed by atoms with Crippen LogP contribution in [0.2, 0.25) is 0 Å². The van der Waals surface area contributed by atoms with Gasteiger partial charge in [0.05, 0.1) is 5.69 Å². The van der Waals surface area contributed by atoms with Crippen LogP contribution in [0.25, 0.3) is 23.0 Å². The Morgan fingerprint density at radius 1 is 1.15 bits per heavy atom. The average molecular weight is 268 g/mol. The third-order valence-corrected chi connectivity index (χ3v) is 2.82. The molecule has 0 radical (unpaired) electrons. The summed E-state index contributed by atoms with van der Waals surface area (Å²) < 4.78 is 5.20. The summed E-state index contributed by atoms with van der Waals surface area (Å²) in [4.78, 5) is 8.62. The molecule has 0 saturated heterocycles. The highest BCUT2D eigenvalue weighted by Gasteiger charge is 2.12.